The number of halogens is 1. The van der Waals surface area contributed by atoms with Gasteiger partial charge in [-0.15, -0.1) is 0 Å². The fraction of sp³-hybridized carbons (Fsp3) is 0.357. The van der Waals surface area contributed by atoms with E-state index in [9.17, 15) is 5.11 Å². The van der Waals surface area contributed by atoms with Crippen LogP contribution in [0.2, 0.25) is 0 Å². The van der Waals surface area contributed by atoms with E-state index in [0.717, 1.165) is 21.5 Å². The quantitative estimate of drug-likeness (QED) is 0.919. The predicted molar refractivity (Wildman–Crippen MR) is 77.3 cm³/mol. The molecule has 4 nitrogen and oxygen atoms in total. The third-order valence-corrected chi connectivity index (χ3v) is 3.49. The number of aliphatic hydroxyl groups is 1. The number of hydrogen-bond donors (Lipinski definition) is 1. The largest absolute Gasteiger partial charge is 0.494 e. The maximum Gasteiger partial charge on any atom is 0.122 e. The van der Waals surface area contributed by atoms with Crippen LogP contribution >= 0.6 is 15.9 Å². The zero-order valence-electron chi connectivity index (χ0n) is 11.0. The molecule has 1 N–H and O–H groups in total. The van der Waals surface area contributed by atoms with Gasteiger partial charge >= 0.3 is 0 Å². The highest BCUT2D eigenvalue weighted by Crippen LogP contribution is 2.30. The van der Waals surface area contributed by atoms with E-state index < -0.39 is 6.10 Å². The lowest BCUT2D eigenvalue weighted by Gasteiger charge is -2.14. The monoisotopic (exact) mass is 324 g/mol. The van der Waals surface area contributed by atoms with E-state index >= 15 is 0 Å². The molecule has 0 saturated heterocycles. The normalized spacial score (nSPS) is 12.4. The zero-order chi connectivity index (χ0) is 13.8. The zero-order valence-corrected chi connectivity index (χ0v) is 12.6. The molecule has 0 bridgehead atoms. The van der Waals surface area contributed by atoms with Crippen LogP contribution in [0.15, 0.2) is 34.9 Å². The van der Waals surface area contributed by atoms with Crippen molar-refractivity contribution >= 4 is 15.9 Å². The molecule has 2 rings (SSSR count). The van der Waals surface area contributed by atoms with Gasteiger partial charge in [0.05, 0.1) is 23.0 Å². The standard InChI is InChI=1S/C14H17BrN2O2/c1-3-17-13(12(15)9-16-17)14(18)10-6-5-7-11(8-10)19-4-2/h5-9,14,18H,3-4H2,1-2H3. The molecular weight excluding hydrogens is 308 g/mol. The Morgan fingerprint density at radius 1 is 1.42 bits per heavy atom. The molecule has 0 spiro atoms. The lowest BCUT2D eigenvalue weighted by Crippen LogP contribution is -2.09. The van der Waals surface area contributed by atoms with E-state index in [1.54, 1.807) is 10.9 Å². The van der Waals surface area contributed by atoms with Crippen molar-refractivity contribution in [3.8, 4) is 5.75 Å². The van der Waals surface area contributed by atoms with Gasteiger partial charge in [0.15, 0.2) is 0 Å². The van der Waals surface area contributed by atoms with Gasteiger partial charge < -0.3 is 9.84 Å². The van der Waals surface area contributed by atoms with Crippen LogP contribution in [-0.4, -0.2) is 21.5 Å². The van der Waals surface area contributed by atoms with Gasteiger partial charge in [0.1, 0.15) is 11.9 Å². The molecule has 0 fully saturated rings. The molecule has 1 aromatic heterocycles. The molecule has 1 unspecified atom stereocenters. The number of benzene rings is 1. The Balaban J connectivity index is 2.35. The minimum Gasteiger partial charge on any atom is -0.494 e. The van der Waals surface area contributed by atoms with Crippen molar-refractivity contribution in [2.24, 2.45) is 0 Å². The number of aliphatic hydroxyl groups excluding tert-OH is 1. The molecule has 0 radical (unpaired) electrons. The highest BCUT2D eigenvalue weighted by Gasteiger charge is 2.19. The maximum atomic E-state index is 10.5. The van der Waals surface area contributed by atoms with E-state index in [1.807, 2.05) is 38.1 Å². The number of hydrogen-bond acceptors (Lipinski definition) is 3. The summed E-state index contributed by atoms with van der Waals surface area (Å²) in [6.07, 6.45) is 0.978. The van der Waals surface area contributed by atoms with Gasteiger partial charge in [0.2, 0.25) is 0 Å². The first-order valence-corrected chi connectivity index (χ1v) is 7.08. The third kappa shape index (κ3) is 2.98. The third-order valence-electron chi connectivity index (χ3n) is 2.88. The van der Waals surface area contributed by atoms with Crippen molar-refractivity contribution in [1.82, 2.24) is 9.78 Å². The second kappa shape index (κ2) is 6.21. The van der Waals surface area contributed by atoms with Gasteiger partial charge in [0, 0.05) is 6.54 Å². The van der Waals surface area contributed by atoms with Crippen LogP contribution in [0.4, 0.5) is 0 Å². The van der Waals surface area contributed by atoms with Crippen molar-refractivity contribution < 1.29 is 9.84 Å². The summed E-state index contributed by atoms with van der Waals surface area (Å²) in [4.78, 5) is 0. The Hall–Kier alpha value is -1.33. The second-order valence-corrected chi connectivity index (χ2v) is 4.96. The number of aryl methyl sites for hydroxylation is 1. The van der Waals surface area contributed by atoms with Gasteiger partial charge in [-0.1, -0.05) is 12.1 Å². The first-order valence-electron chi connectivity index (χ1n) is 6.29. The second-order valence-electron chi connectivity index (χ2n) is 4.10. The summed E-state index contributed by atoms with van der Waals surface area (Å²) in [6, 6.07) is 7.50. The lowest BCUT2D eigenvalue weighted by atomic mass is 10.1. The van der Waals surface area contributed by atoms with Gasteiger partial charge in [-0.25, -0.2) is 0 Å². The van der Waals surface area contributed by atoms with Crippen LogP contribution in [0.25, 0.3) is 0 Å². The van der Waals surface area contributed by atoms with Crippen LogP contribution < -0.4 is 4.74 Å². The maximum absolute atomic E-state index is 10.5. The molecule has 0 amide bonds. The van der Waals surface area contributed by atoms with Crippen molar-refractivity contribution in [2.75, 3.05) is 6.61 Å². The summed E-state index contributed by atoms with van der Waals surface area (Å²) in [5, 5.41) is 14.7. The van der Waals surface area contributed by atoms with Crippen LogP contribution in [0.3, 0.4) is 0 Å². The van der Waals surface area contributed by atoms with Gasteiger partial charge in [-0.05, 0) is 47.5 Å². The molecule has 1 heterocycles. The molecule has 19 heavy (non-hydrogen) atoms. The molecule has 1 atom stereocenters. The summed E-state index contributed by atoms with van der Waals surface area (Å²) in [5.74, 6) is 0.762. The average molecular weight is 325 g/mol. The summed E-state index contributed by atoms with van der Waals surface area (Å²) >= 11 is 3.43. The number of aromatic nitrogens is 2. The van der Waals surface area contributed by atoms with E-state index in [0.29, 0.717) is 13.2 Å². The topological polar surface area (TPSA) is 47.3 Å². The van der Waals surface area contributed by atoms with Gasteiger partial charge in [-0.2, -0.15) is 5.10 Å². The Bertz CT molecular complexity index is 554. The Kier molecular flexibility index (Phi) is 4.61. The van der Waals surface area contributed by atoms with Crippen LogP contribution in [0, 0.1) is 0 Å². The fourth-order valence-electron chi connectivity index (χ4n) is 1.99. The van der Waals surface area contributed by atoms with Gasteiger partial charge in [0.25, 0.3) is 0 Å². The Labute approximate surface area is 121 Å². The minimum atomic E-state index is -0.725. The van der Waals surface area contributed by atoms with Crippen molar-refractivity contribution in [3.05, 3.63) is 46.2 Å². The molecule has 5 heteroatoms. The molecule has 0 aliphatic heterocycles. The summed E-state index contributed by atoms with van der Waals surface area (Å²) in [7, 11) is 0. The molecule has 2 aromatic rings. The Morgan fingerprint density at radius 2 is 2.21 bits per heavy atom. The molecule has 1 aromatic carbocycles. The SMILES string of the molecule is CCOc1cccc(C(O)c2c(Br)cnn2CC)c1. The average Bonchev–Trinajstić information content (AvgIpc) is 2.80. The lowest BCUT2D eigenvalue weighted by molar-refractivity contribution is 0.206. The van der Waals surface area contributed by atoms with E-state index in [4.69, 9.17) is 4.74 Å². The molecule has 0 saturated carbocycles. The van der Waals surface area contributed by atoms with Gasteiger partial charge in [-0.3, -0.25) is 4.68 Å². The first-order chi connectivity index (χ1) is 9.17. The van der Waals surface area contributed by atoms with Crippen molar-refractivity contribution in [2.45, 2.75) is 26.5 Å². The molecule has 0 aliphatic carbocycles. The number of ether oxygens (including phenoxy) is 1. The summed E-state index contributed by atoms with van der Waals surface area (Å²) in [6.45, 7) is 5.25. The van der Waals surface area contributed by atoms with Crippen molar-refractivity contribution in [3.63, 3.8) is 0 Å². The minimum absolute atomic E-state index is 0.607. The molecule has 0 aliphatic rings. The van der Waals surface area contributed by atoms with Crippen molar-refractivity contribution in [1.29, 1.82) is 0 Å². The van der Waals surface area contributed by atoms with E-state index in [1.165, 1.54) is 0 Å². The van der Waals surface area contributed by atoms with E-state index in [2.05, 4.69) is 21.0 Å². The number of nitrogens with zero attached hydrogens (tertiary/aromatic N) is 2. The number of rotatable bonds is 5. The van der Waals surface area contributed by atoms with Crippen LogP contribution in [0.1, 0.15) is 31.2 Å². The molecule has 102 valence electrons. The highest BCUT2D eigenvalue weighted by atomic mass is 79.9. The summed E-state index contributed by atoms with van der Waals surface area (Å²) in [5.41, 5.74) is 1.55. The fourth-order valence-corrected chi connectivity index (χ4v) is 2.51. The predicted octanol–water partition coefficient (Wildman–Crippen LogP) is 3.15. The summed E-state index contributed by atoms with van der Waals surface area (Å²) < 4.78 is 8.04. The smallest absolute Gasteiger partial charge is 0.122 e. The molecular formula is C14H17BrN2O2. The van der Waals surface area contributed by atoms with E-state index in [-0.39, 0.29) is 0 Å². The first kappa shape index (κ1) is 14.1. The Morgan fingerprint density at radius 3 is 2.89 bits per heavy atom. The van der Waals surface area contributed by atoms with Crippen LogP contribution in [-0.2, 0) is 6.54 Å². The van der Waals surface area contributed by atoms with Crippen LogP contribution in [0.5, 0.6) is 5.75 Å². The highest BCUT2D eigenvalue weighted by molar-refractivity contribution is 9.10.